The number of nitrogens with zero attached hydrogens (tertiary/aromatic N) is 4. The van der Waals surface area contributed by atoms with E-state index in [1.165, 1.54) is 24.8 Å². The van der Waals surface area contributed by atoms with Crippen molar-refractivity contribution < 1.29 is 12.8 Å². The number of furan rings is 1. The fourth-order valence-corrected chi connectivity index (χ4v) is 4.13. The number of nitrogens with one attached hydrogen (secondary N) is 1. The lowest BCUT2D eigenvalue weighted by Crippen LogP contribution is -2.24. The first-order valence-corrected chi connectivity index (χ1v) is 9.40. The van der Waals surface area contributed by atoms with Crippen molar-refractivity contribution in [2.45, 2.75) is 11.4 Å². The van der Waals surface area contributed by atoms with Crippen LogP contribution in [0.1, 0.15) is 5.69 Å². The van der Waals surface area contributed by atoms with Gasteiger partial charge in [-0.1, -0.05) is 6.07 Å². The summed E-state index contributed by atoms with van der Waals surface area (Å²) in [5, 5.41) is 0. The molecule has 0 atom stereocenters. The summed E-state index contributed by atoms with van der Waals surface area (Å²) in [6, 6.07) is 6.60. The van der Waals surface area contributed by atoms with Crippen LogP contribution in [-0.2, 0) is 16.6 Å². The summed E-state index contributed by atoms with van der Waals surface area (Å²) < 4.78 is 41.1. The van der Waals surface area contributed by atoms with Gasteiger partial charge in [0.25, 0.3) is 0 Å². The Morgan fingerprint density at radius 2 is 2.00 bits per heavy atom. The van der Waals surface area contributed by atoms with Crippen LogP contribution in [0.2, 0.25) is 0 Å². The van der Waals surface area contributed by atoms with Gasteiger partial charge in [-0.15, -0.1) is 0 Å². The van der Waals surface area contributed by atoms with Gasteiger partial charge in [0.05, 0.1) is 42.2 Å². The predicted molar refractivity (Wildman–Crippen MR) is 91.2 cm³/mol. The van der Waals surface area contributed by atoms with Gasteiger partial charge in [-0.2, -0.15) is 8.75 Å². The summed E-state index contributed by atoms with van der Waals surface area (Å²) in [4.78, 5) is 8.58. The molecule has 0 spiro atoms. The average Bonchev–Trinajstić information content (AvgIpc) is 3.31. The molecule has 0 aliphatic carbocycles. The molecule has 0 unspecified atom stereocenters. The topological polar surface area (TPSA) is 111 Å². The van der Waals surface area contributed by atoms with Crippen LogP contribution < -0.4 is 4.72 Å². The largest absolute Gasteiger partial charge is 0.472 e. The zero-order valence-electron chi connectivity index (χ0n) is 12.7. The van der Waals surface area contributed by atoms with E-state index in [1.807, 2.05) is 0 Å². The molecule has 8 nitrogen and oxygen atoms in total. The molecule has 1 aromatic carbocycles. The first-order valence-electron chi connectivity index (χ1n) is 7.18. The zero-order chi connectivity index (χ0) is 17.3. The number of sulfonamides is 1. The van der Waals surface area contributed by atoms with Crippen molar-refractivity contribution in [3.63, 3.8) is 0 Å². The standard InChI is InChI=1S/C15H11N5O3S2/c21-25(22,13-3-1-2-11-15(13)20-24-19-11)18-8-12-14(17-6-5-16-12)10-4-7-23-9-10/h1-7,9,18H,8H2. The molecule has 0 saturated heterocycles. The van der Waals surface area contributed by atoms with E-state index in [2.05, 4.69) is 23.4 Å². The fourth-order valence-electron chi connectivity index (χ4n) is 2.38. The Morgan fingerprint density at radius 1 is 1.12 bits per heavy atom. The Balaban J connectivity index is 1.65. The van der Waals surface area contributed by atoms with Crippen molar-refractivity contribution in [2.75, 3.05) is 0 Å². The van der Waals surface area contributed by atoms with Crippen LogP contribution in [0.15, 0.2) is 58.5 Å². The third kappa shape index (κ3) is 3.02. The Kier molecular flexibility index (Phi) is 3.99. The van der Waals surface area contributed by atoms with Crippen molar-refractivity contribution in [3.8, 4) is 11.3 Å². The number of aromatic nitrogens is 4. The van der Waals surface area contributed by atoms with Gasteiger partial charge in [0, 0.05) is 18.0 Å². The van der Waals surface area contributed by atoms with Gasteiger partial charge in [0.2, 0.25) is 10.0 Å². The molecule has 1 N–H and O–H groups in total. The van der Waals surface area contributed by atoms with E-state index in [4.69, 9.17) is 4.42 Å². The smallest absolute Gasteiger partial charge is 0.243 e. The molecule has 0 fully saturated rings. The van der Waals surface area contributed by atoms with Crippen LogP contribution in [0.4, 0.5) is 0 Å². The van der Waals surface area contributed by atoms with Crippen LogP contribution in [0.3, 0.4) is 0 Å². The molecule has 10 heteroatoms. The van der Waals surface area contributed by atoms with Crippen LogP contribution in [0.5, 0.6) is 0 Å². The van der Waals surface area contributed by atoms with E-state index in [-0.39, 0.29) is 11.4 Å². The van der Waals surface area contributed by atoms with Crippen molar-refractivity contribution in [1.82, 2.24) is 23.4 Å². The van der Waals surface area contributed by atoms with Gasteiger partial charge >= 0.3 is 0 Å². The molecule has 0 amide bonds. The van der Waals surface area contributed by atoms with Gasteiger partial charge < -0.3 is 4.42 Å². The molecule has 4 aromatic rings. The molecule has 25 heavy (non-hydrogen) atoms. The molecule has 3 aromatic heterocycles. The van der Waals surface area contributed by atoms with Gasteiger partial charge in [0.1, 0.15) is 15.9 Å². The summed E-state index contributed by atoms with van der Waals surface area (Å²) in [6.45, 7) is -0.00929. The Bertz CT molecular complexity index is 1120. The monoisotopic (exact) mass is 373 g/mol. The number of benzene rings is 1. The number of hydrogen-bond donors (Lipinski definition) is 1. The zero-order valence-corrected chi connectivity index (χ0v) is 14.3. The van der Waals surface area contributed by atoms with Gasteiger partial charge in [-0.05, 0) is 18.2 Å². The molecule has 0 saturated carbocycles. The second kappa shape index (κ2) is 6.31. The summed E-state index contributed by atoms with van der Waals surface area (Å²) in [7, 11) is -3.78. The summed E-state index contributed by atoms with van der Waals surface area (Å²) in [6.07, 6.45) is 6.11. The molecule has 0 aliphatic rings. The lowest BCUT2D eigenvalue weighted by Gasteiger charge is -2.09. The van der Waals surface area contributed by atoms with Crippen LogP contribution in [-0.4, -0.2) is 27.1 Å². The van der Waals surface area contributed by atoms with E-state index >= 15 is 0 Å². The molecule has 0 bridgehead atoms. The van der Waals surface area contributed by atoms with E-state index in [1.54, 1.807) is 24.4 Å². The van der Waals surface area contributed by atoms with Gasteiger partial charge in [-0.25, -0.2) is 13.1 Å². The molecule has 4 rings (SSSR count). The minimum atomic E-state index is -3.78. The van der Waals surface area contributed by atoms with Crippen LogP contribution in [0, 0.1) is 0 Å². The number of rotatable bonds is 5. The van der Waals surface area contributed by atoms with Crippen molar-refractivity contribution in [1.29, 1.82) is 0 Å². The maximum atomic E-state index is 12.7. The maximum absolute atomic E-state index is 12.7. The Labute approximate surface area is 146 Å². The molecule has 3 heterocycles. The second-order valence-corrected chi connectivity index (χ2v) is 7.34. The van der Waals surface area contributed by atoms with Gasteiger partial charge in [-0.3, -0.25) is 9.97 Å². The first kappa shape index (κ1) is 15.8. The van der Waals surface area contributed by atoms with Crippen LogP contribution >= 0.6 is 11.7 Å². The van der Waals surface area contributed by atoms with E-state index in [9.17, 15) is 8.42 Å². The highest BCUT2D eigenvalue weighted by atomic mass is 32.2. The highest BCUT2D eigenvalue weighted by Gasteiger charge is 2.20. The quantitative estimate of drug-likeness (QED) is 0.571. The Hall–Kier alpha value is -2.69. The highest BCUT2D eigenvalue weighted by molar-refractivity contribution is 7.89. The van der Waals surface area contributed by atoms with Crippen molar-refractivity contribution in [3.05, 3.63) is 54.9 Å². The maximum Gasteiger partial charge on any atom is 0.243 e. The number of fused-ring (bicyclic) bond motifs is 1. The molecular weight excluding hydrogens is 362 g/mol. The third-order valence-electron chi connectivity index (χ3n) is 3.54. The normalized spacial score (nSPS) is 11.8. The SMILES string of the molecule is O=S(=O)(NCc1nccnc1-c1ccoc1)c1cccc2nsnc12. The minimum absolute atomic E-state index is 0.00929. The summed E-state index contributed by atoms with van der Waals surface area (Å²) in [5.74, 6) is 0. The molecule has 0 aliphatic heterocycles. The highest BCUT2D eigenvalue weighted by Crippen LogP contribution is 2.23. The summed E-state index contributed by atoms with van der Waals surface area (Å²) >= 11 is 0.973. The predicted octanol–water partition coefficient (Wildman–Crippen LogP) is 2.22. The van der Waals surface area contributed by atoms with E-state index < -0.39 is 10.0 Å². The molecular formula is C15H11N5O3S2. The first-order chi connectivity index (χ1) is 12.1. The van der Waals surface area contributed by atoms with Crippen LogP contribution in [0.25, 0.3) is 22.3 Å². The van der Waals surface area contributed by atoms with Crippen molar-refractivity contribution in [2.24, 2.45) is 0 Å². The van der Waals surface area contributed by atoms with Gasteiger partial charge in [0.15, 0.2) is 0 Å². The summed E-state index contributed by atoms with van der Waals surface area (Å²) in [5.41, 5.74) is 2.69. The lowest BCUT2D eigenvalue weighted by atomic mass is 10.2. The lowest BCUT2D eigenvalue weighted by molar-refractivity contribution is 0.568. The Morgan fingerprint density at radius 3 is 2.84 bits per heavy atom. The minimum Gasteiger partial charge on any atom is -0.472 e. The average molecular weight is 373 g/mol. The van der Waals surface area contributed by atoms with E-state index in [0.717, 1.165) is 17.3 Å². The second-order valence-electron chi connectivity index (χ2n) is 5.08. The fraction of sp³-hybridized carbons (Fsp3) is 0.0667. The molecule has 0 radical (unpaired) electrons. The third-order valence-corrected chi connectivity index (χ3v) is 5.51. The van der Waals surface area contributed by atoms with Crippen molar-refractivity contribution >= 4 is 32.8 Å². The number of hydrogen-bond acceptors (Lipinski definition) is 8. The molecule has 126 valence electrons. The van der Waals surface area contributed by atoms with E-state index in [0.29, 0.717) is 22.4 Å².